The van der Waals surface area contributed by atoms with Crippen molar-refractivity contribution < 1.29 is 19.4 Å². The van der Waals surface area contributed by atoms with Gasteiger partial charge in [-0.2, -0.15) is 0 Å². The number of hydrogen-bond acceptors (Lipinski definition) is 4. The number of ether oxygens (including phenoxy) is 2. The van der Waals surface area contributed by atoms with Crippen molar-refractivity contribution in [2.45, 2.75) is 31.9 Å². The largest absolute Gasteiger partial charge is 0.487 e. The highest BCUT2D eigenvalue weighted by atomic mass is 35.5. The predicted molar refractivity (Wildman–Crippen MR) is 82.1 cm³/mol. The highest BCUT2D eigenvalue weighted by Crippen LogP contribution is 2.48. The molecule has 0 saturated carbocycles. The van der Waals surface area contributed by atoms with Gasteiger partial charge >= 0.3 is 6.09 Å². The summed E-state index contributed by atoms with van der Waals surface area (Å²) in [6.45, 7) is 2.87. The second-order valence-electron chi connectivity index (χ2n) is 5.77. The third-order valence-electron chi connectivity index (χ3n) is 4.29. The molecule has 6 heteroatoms. The SMILES string of the molecule is CCCCOC(=O)N1C[C@@H](CO)[C@@H]2Oc3ccc(Cl)cc3[C@@H]21. The number of benzene rings is 1. The summed E-state index contributed by atoms with van der Waals surface area (Å²) < 4.78 is 11.3. The number of hydrogen-bond donors (Lipinski definition) is 1. The van der Waals surface area contributed by atoms with E-state index in [-0.39, 0.29) is 30.8 Å². The van der Waals surface area contributed by atoms with Crippen LogP contribution < -0.4 is 4.74 Å². The zero-order chi connectivity index (χ0) is 15.7. The average molecular weight is 326 g/mol. The van der Waals surface area contributed by atoms with Gasteiger partial charge in [-0.15, -0.1) is 0 Å². The van der Waals surface area contributed by atoms with E-state index in [2.05, 4.69) is 0 Å². The first-order chi connectivity index (χ1) is 10.7. The van der Waals surface area contributed by atoms with Crippen LogP contribution in [-0.2, 0) is 4.74 Å². The molecule has 1 aromatic rings. The van der Waals surface area contributed by atoms with Gasteiger partial charge in [0, 0.05) is 23.0 Å². The van der Waals surface area contributed by atoms with Crippen LogP contribution in [0.1, 0.15) is 31.4 Å². The fourth-order valence-electron chi connectivity index (χ4n) is 3.15. The van der Waals surface area contributed by atoms with Crippen LogP contribution in [0, 0.1) is 5.92 Å². The molecule has 1 aromatic carbocycles. The highest BCUT2D eigenvalue weighted by Gasteiger charge is 2.51. The van der Waals surface area contributed by atoms with Crippen molar-refractivity contribution in [2.75, 3.05) is 19.8 Å². The zero-order valence-electron chi connectivity index (χ0n) is 12.5. The molecule has 2 heterocycles. The molecule has 3 rings (SSSR count). The van der Waals surface area contributed by atoms with E-state index >= 15 is 0 Å². The minimum absolute atomic E-state index is 0.0262. The van der Waals surface area contributed by atoms with E-state index < -0.39 is 0 Å². The van der Waals surface area contributed by atoms with Gasteiger partial charge in [0.2, 0.25) is 0 Å². The van der Waals surface area contributed by atoms with Crippen molar-refractivity contribution in [1.29, 1.82) is 0 Å². The molecule has 3 atom stereocenters. The Morgan fingerprint density at radius 2 is 2.36 bits per heavy atom. The van der Waals surface area contributed by atoms with Crippen LogP contribution >= 0.6 is 11.6 Å². The van der Waals surface area contributed by atoms with Crippen LogP contribution in [0.4, 0.5) is 4.79 Å². The maximum Gasteiger partial charge on any atom is 0.410 e. The summed E-state index contributed by atoms with van der Waals surface area (Å²) in [5.74, 6) is 0.610. The summed E-state index contributed by atoms with van der Waals surface area (Å²) in [7, 11) is 0. The van der Waals surface area contributed by atoms with Gasteiger partial charge < -0.3 is 14.6 Å². The van der Waals surface area contributed by atoms with Gasteiger partial charge in [-0.05, 0) is 24.6 Å². The molecule has 1 fully saturated rings. The first-order valence-corrected chi connectivity index (χ1v) is 8.03. The third kappa shape index (κ3) is 2.63. The van der Waals surface area contributed by atoms with Crippen LogP contribution in [0.3, 0.4) is 0 Å². The Morgan fingerprint density at radius 1 is 1.55 bits per heavy atom. The molecule has 5 nitrogen and oxygen atoms in total. The molecule has 1 amide bonds. The number of likely N-dealkylation sites (tertiary alicyclic amines) is 1. The first kappa shape index (κ1) is 15.4. The molecule has 0 radical (unpaired) electrons. The maximum atomic E-state index is 12.4. The summed E-state index contributed by atoms with van der Waals surface area (Å²) >= 11 is 6.07. The van der Waals surface area contributed by atoms with E-state index in [1.165, 1.54) is 0 Å². The van der Waals surface area contributed by atoms with Crippen molar-refractivity contribution in [2.24, 2.45) is 5.92 Å². The summed E-state index contributed by atoms with van der Waals surface area (Å²) in [6.07, 6.45) is 1.23. The number of nitrogens with zero attached hydrogens (tertiary/aromatic N) is 1. The van der Waals surface area contributed by atoms with E-state index in [9.17, 15) is 9.90 Å². The number of fused-ring (bicyclic) bond motifs is 3. The van der Waals surface area contributed by atoms with Gasteiger partial charge in [-0.25, -0.2) is 4.79 Å². The minimum Gasteiger partial charge on any atom is -0.487 e. The number of halogens is 1. The molecule has 0 aliphatic carbocycles. The number of aliphatic hydroxyl groups excluding tert-OH is 1. The van der Waals surface area contributed by atoms with E-state index in [1.807, 2.05) is 19.1 Å². The lowest BCUT2D eigenvalue weighted by molar-refractivity contribution is 0.0889. The standard InChI is InChI=1S/C16H20ClNO4/c1-2-3-6-21-16(20)18-8-10(9-19)15-14(18)12-7-11(17)4-5-13(12)22-15/h4-5,7,10,14-15,19H,2-3,6,8-9H2,1H3/t10-,14-,15-/m0/s1. The lowest BCUT2D eigenvalue weighted by Crippen LogP contribution is -2.32. The van der Waals surface area contributed by atoms with Gasteiger partial charge in [-0.3, -0.25) is 4.90 Å². The number of unbranched alkanes of at least 4 members (excludes halogenated alkanes) is 1. The Morgan fingerprint density at radius 3 is 3.09 bits per heavy atom. The van der Waals surface area contributed by atoms with E-state index in [1.54, 1.807) is 11.0 Å². The van der Waals surface area contributed by atoms with Crippen molar-refractivity contribution in [3.63, 3.8) is 0 Å². The highest BCUT2D eigenvalue weighted by molar-refractivity contribution is 6.30. The molecule has 2 aliphatic heterocycles. The number of rotatable bonds is 4. The molecule has 2 aliphatic rings. The Bertz CT molecular complexity index is 565. The smallest absolute Gasteiger partial charge is 0.410 e. The van der Waals surface area contributed by atoms with E-state index in [0.717, 1.165) is 24.2 Å². The normalized spacial score (nSPS) is 25.6. The van der Waals surface area contributed by atoms with Gasteiger partial charge in [0.15, 0.2) is 0 Å². The quantitative estimate of drug-likeness (QED) is 0.865. The lowest BCUT2D eigenvalue weighted by atomic mass is 9.99. The average Bonchev–Trinajstić information content (AvgIpc) is 3.04. The van der Waals surface area contributed by atoms with E-state index in [0.29, 0.717) is 18.2 Å². The van der Waals surface area contributed by atoms with Crippen molar-refractivity contribution in [3.8, 4) is 5.75 Å². The van der Waals surface area contributed by atoms with Crippen LogP contribution in [0.2, 0.25) is 5.02 Å². The minimum atomic E-state index is -0.351. The van der Waals surface area contributed by atoms with Gasteiger partial charge in [0.1, 0.15) is 17.9 Å². The van der Waals surface area contributed by atoms with Crippen molar-refractivity contribution in [1.82, 2.24) is 4.90 Å². The van der Waals surface area contributed by atoms with Crippen molar-refractivity contribution >= 4 is 17.7 Å². The first-order valence-electron chi connectivity index (χ1n) is 7.66. The molecule has 0 unspecified atom stereocenters. The predicted octanol–water partition coefficient (Wildman–Crippen LogP) is 3.00. The maximum absolute atomic E-state index is 12.4. The van der Waals surface area contributed by atoms with Gasteiger partial charge in [-0.1, -0.05) is 24.9 Å². The van der Waals surface area contributed by atoms with Gasteiger partial charge in [0.25, 0.3) is 0 Å². The molecule has 0 aromatic heterocycles. The number of carbonyl (C=O) groups excluding carboxylic acids is 1. The number of carbonyl (C=O) groups is 1. The van der Waals surface area contributed by atoms with Crippen LogP contribution in [0.15, 0.2) is 18.2 Å². The molecule has 22 heavy (non-hydrogen) atoms. The summed E-state index contributed by atoms with van der Waals surface area (Å²) in [5.41, 5.74) is 0.890. The lowest BCUT2D eigenvalue weighted by Gasteiger charge is -2.22. The second-order valence-corrected chi connectivity index (χ2v) is 6.21. The fourth-order valence-corrected chi connectivity index (χ4v) is 3.33. The number of amides is 1. The second kappa shape index (κ2) is 6.34. The van der Waals surface area contributed by atoms with E-state index in [4.69, 9.17) is 21.1 Å². The molecular formula is C16H20ClNO4. The Hall–Kier alpha value is -1.46. The van der Waals surface area contributed by atoms with Crippen LogP contribution in [-0.4, -0.2) is 42.0 Å². The zero-order valence-corrected chi connectivity index (χ0v) is 13.3. The topological polar surface area (TPSA) is 59.0 Å². The molecule has 1 N–H and O–H groups in total. The molecule has 1 saturated heterocycles. The monoisotopic (exact) mass is 325 g/mol. The molecule has 120 valence electrons. The fraction of sp³-hybridized carbons (Fsp3) is 0.562. The summed E-state index contributed by atoms with van der Waals surface area (Å²) in [4.78, 5) is 14.0. The van der Waals surface area contributed by atoms with Crippen LogP contribution in [0.5, 0.6) is 5.75 Å². The molecule has 0 bridgehead atoms. The Balaban J connectivity index is 1.83. The third-order valence-corrected chi connectivity index (χ3v) is 4.52. The molecule has 0 spiro atoms. The molecular weight excluding hydrogens is 306 g/mol. The summed E-state index contributed by atoms with van der Waals surface area (Å²) in [5, 5.41) is 10.2. The van der Waals surface area contributed by atoms with Crippen molar-refractivity contribution in [3.05, 3.63) is 28.8 Å². The number of aliphatic hydroxyl groups is 1. The Kier molecular flexibility index (Phi) is 4.45. The van der Waals surface area contributed by atoms with Gasteiger partial charge in [0.05, 0.1) is 13.2 Å². The summed E-state index contributed by atoms with van der Waals surface area (Å²) in [6, 6.07) is 5.16. The Labute approximate surface area is 134 Å². The van der Waals surface area contributed by atoms with Crippen LogP contribution in [0.25, 0.3) is 0 Å².